The van der Waals surface area contributed by atoms with Crippen LogP contribution in [0.1, 0.15) is 49.9 Å². The lowest BCUT2D eigenvalue weighted by Crippen LogP contribution is -2.52. The molecule has 0 aliphatic carbocycles. The van der Waals surface area contributed by atoms with Crippen LogP contribution in [0.25, 0.3) is 11.3 Å². The Hall–Kier alpha value is -2.39. The minimum absolute atomic E-state index is 0.0162. The quantitative estimate of drug-likeness (QED) is 0.251. The van der Waals surface area contributed by atoms with Gasteiger partial charge < -0.3 is 26.2 Å². The van der Waals surface area contributed by atoms with E-state index in [9.17, 15) is 9.90 Å². The van der Waals surface area contributed by atoms with E-state index in [0.717, 1.165) is 54.4 Å². The van der Waals surface area contributed by atoms with Gasteiger partial charge in [-0.2, -0.15) is 0 Å². The Balaban J connectivity index is 1.25. The molecule has 40 heavy (non-hydrogen) atoms. The summed E-state index contributed by atoms with van der Waals surface area (Å²) < 4.78 is 0.696. The molecule has 11 nitrogen and oxygen atoms in total. The molecule has 3 aromatic rings. The summed E-state index contributed by atoms with van der Waals surface area (Å²) in [6.45, 7) is 7.71. The summed E-state index contributed by atoms with van der Waals surface area (Å²) >= 11 is 9.18. The number of aliphatic hydroxyl groups is 1. The van der Waals surface area contributed by atoms with E-state index in [2.05, 4.69) is 43.8 Å². The first kappa shape index (κ1) is 29.1. The van der Waals surface area contributed by atoms with Gasteiger partial charge in [0.2, 0.25) is 0 Å². The average Bonchev–Trinajstić information content (AvgIpc) is 3.63. The third kappa shape index (κ3) is 6.73. The number of hydrogen-bond donors (Lipinski definition) is 4. The Labute approximate surface area is 246 Å². The Morgan fingerprint density at radius 3 is 2.70 bits per heavy atom. The highest BCUT2D eigenvalue weighted by molar-refractivity contribution is 7.16. The second-order valence-electron chi connectivity index (χ2n) is 10.4. The van der Waals surface area contributed by atoms with E-state index in [0.29, 0.717) is 34.3 Å². The first-order valence-corrected chi connectivity index (χ1v) is 15.5. The van der Waals surface area contributed by atoms with Gasteiger partial charge in [0.1, 0.15) is 11.5 Å². The second kappa shape index (κ2) is 12.6. The Morgan fingerprint density at radius 1 is 1.25 bits per heavy atom. The number of aromatic nitrogens is 3. The lowest BCUT2D eigenvalue weighted by Gasteiger charge is -2.40. The van der Waals surface area contributed by atoms with Crippen LogP contribution in [0.3, 0.4) is 0 Å². The van der Waals surface area contributed by atoms with Crippen molar-refractivity contribution >= 4 is 51.2 Å². The number of aliphatic carboxylic acids is 1. The zero-order valence-electron chi connectivity index (χ0n) is 22.5. The maximum Gasteiger partial charge on any atom is 0.304 e. The smallest absolute Gasteiger partial charge is 0.304 e. The number of aliphatic hydroxyl groups excluding tert-OH is 1. The van der Waals surface area contributed by atoms with Crippen LogP contribution in [-0.2, 0) is 11.3 Å². The Morgan fingerprint density at radius 2 is 2.08 bits per heavy atom. The number of carbonyl (C=O) groups is 1. The molecule has 1 unspecified atom stereocenters. The van der Waals surface area contributed by atoms with E-state index in [4.69, 9.17) is 27.4 Å². The lowest BCUT2D eigenvalue weighted by molar-refractivity contribution is -0.137. The number of likely N-dealkylation sites (tertiary alicyclic amines) is 1. The first-order valence-electron chi connectivity index (χ1n) is 13.4. The predicted octanol–water partition coefficient (Wildman–Crippen LogP) is 3.67. The molecule has 0 amide bonds. The van der Waals surface area contributed by atoms with Crippen LogP contribution in [0.5, 0.6) is 0 Å². The van der Waals surface area contributed by atoms with Crippen molar-refractivity contribution in [3.63, 3.8) is 0 Å². The minimum Gasteiger partial charge on any atom is -0.481 e. The average molecular weight is 607 g/mol. The van der Waals surface area contributed by atoms with Gasteiger partial charge in [-0.3, -0.25) is 19.6 Å². The number of carboxylic acid groups (broad SMARTS) is 1. The molecular weight excluding hydrogens is 572 g/mol. The third-order valence-electron chi connectivity index (χ3n) is 7.64. The summed E-state index contributed by atoms with van der Waals surface area (Å²) in [5.74, 6) is -0.0559. The number of nitrogens with one attached hydrogen (secondary N) is 1. The highest BCUT2D eigenvalue weighted by Crippen LogP contribution is 2.38. The fourth-order valence-corrected chi connectivity index (χ4v) is 7.17. The van der Waals surface area contributed by atoms with Crippen LogP contribution in [0.15, 0.2) is 23.8 Å². The van der Waals surface area contributed by atoms with Crippen LogP contribution >= 0.6 is 34.3 Å². The number of piperazine rings is 1. The van der Waals surface area contributed by atoms with Crippen molar-refractivity contribution in [2.24, 2.45) is 5.73 Å². The van der Waals surface area contributed by atoms with Crippen LogP contribution in [0.2, 0.25) is 4.34 Å². The number of anilines is 2. The predicted molar refractivity (Wildman–Crippen MR) is 159 cm³/mol. The summed E-state index contributed by atoms with van der Waals surface area (Å²) in [5, 5.41) is 25.6. The van der Waals surface area contributed by atoms with E-state index in [1.165, 1.54) is 22.7 Å². The molecule has 0 spiro atoms. The molecule has 4 atom stereocenters. The number of nitrogens with zero attached hydrogens (tertiary/aromatic N) is 6. The summed E-state index contributed by atoms with van der Waals surface area (Å²) in [7, 11) is 0. The maximum atomic E-state index is 10.9. The molecular formula is C26H35ClN8O3S2. The molecule has 0 radical (unpaired) electrons. The topological polar surface area (TPSA) is 144 Å². The van der Waals surface area contributed by atoms with E-state index in [-0.39, 0.29) is 18.6 Å². The number of rotatable bonds is 10. The molecule has 0 aromatic carbocycles. The first-order chi connectivity index (χ1) is 19.2. The van der Waals surface area contributed by atoms with E-state index in [1.54, 1.807) is 12.4 Å². The highest BCUT2D eigenvalue weighted by Gasteiger charge is 2.30. The van der Waals surface area contributed by atoms with Crippen LogP contribution in [0.4, 0.5) is 10.9 Å². The Kier molecular flexibility index (Phi) is 9.20. The summed E-state index contributed by atoms with van der Waals surface area (Å²) in [5.41, 5.74) is 8.55. The normalized spacial score (nSPS) is 23.0. The van der Waals surface area contributed by atoms with Gasteiger partial charge in [0.15, 0.2) is 11.4 Å². The van der Waals surface area contributed by atoms with E-state index in [1.807, 2.05) is 11.4 Å². The molecule has 216 valence electrons. The van der Waals surface area contributed by atoms with Crippen molar-refractivity contribution < 1.29 is 15.0 Å². The monoisotopic (exact) mass is 606 g/mol. The van der Waals surface area contributed by atoms with Gasteiger partial charge in [0, 0.05) is 60.6 Å². The number of halogens is 1. The highest BCUT2D eigenvalue weighted by atomic mass is 35.5. The van der Waals surface area contributed by atoms with Crippen molar-refractivity contribution in [1.29, 1.82) is 0 Å². The number of thiophene rings is 1. The standard InChI is InChI=1S/C26H35ClN8O3S2/c1-15-3-4-21(28)35(15)13-19-24(17-9-20(27)39-14-17)31-26(40-19)32-25(38)18-10-30-22(11-29-18)34-8-7-33(16(2)12-34)6-5-23(36)37/h9-11,14-16,21,25,38H,3-8,12-13,28H2,1-2H3,(H,31,32)(H,36,37)/t15-,16+,21+,25?/m1/s1. The van der Waals surface area contributed by atoms with Crippen LogP contribution in [-0.4, -0.2) is 85.4 Å². The lowest BCUT2D eigenvalue weighted by atomic mass is 10.2. The summed E-state index contributed by atoms with van der Waals surface area (Å²) in [6, 6.07) is 2.50. The van der Waals surface area contributed by atoms with Gasteiger partial charge in [-0.05, 0) is 32.8 Å². The van der Waals surface area contributed by atoms with Crippen molar-refractivity contribution in [2.75, 3.05) is 36.4 Å². The van der Waals surface area contributed by atoms with Crippen molar-refractivity contribution in [1.82, 2.24) is 24.8 Å². The molecule has 2 saturated heterocycles. The molecule has 2 aliphatic heterocycles. The number of thiazole rings is 1. The van der Waals surface area contributed by atoms with Gasteiger partial charge in [-0.15, -0.1) is 22.7 Å². The third-order valence-corrected chi connectivity index (χ3v) is 9.70. The fourth-order valence-electron chi connectivity index (χ4n) is 5.29. The summed E-state index contributed by atoms with van der Waals surface area (Å²) in [6.07, 6.45) is 4.35. The molecule has 5 N–H and O–H groups in total. The zero-order valence-corrected chi connectivity index (χ0v) is 24.9. The Bertz CT molecular complexity index is 1300. The van der Waals surface area contributed by atoms with Gasteiger partial charge in [-0.1, -0.05) is 11.6 Å². The fraction of sp³-hybridized carbons (Fsp3) is 0.538. The SMILES string of the molecule is C[C@@H]1CC[C@@H](N)N1Cc1sc(NC(O)c2cnc(N3CCN(CCC(=O)O)[C@@H](C)C3)cn2)nc1-c1csc(Cl)c1. The van der Waals surface area contributed by atoms with Gasteiger partial charge in [-0.25, -0.2) is 9.97 Å². The van der Waals surface area contributed by atoms with Crippen molar-refractivity contribution in [3.8, 4) is 11.3 Å². The second-order valence-corrected chi connectivity index (χ2v) is 13.0. The van der Waals surface area contributed by atoms with Gasteiger partial charge in [0.05, 0.1) is 35.0 Å². The van der Waals surface area contributed by atoms with Crippen LogP contribution in [0, 0.1) is 0 Å². The van der Waals surface area contributed by atoms with E-state index < -0.39 is 12.2 Å². The number of carboxylic acids is 1. The molecule has 0 bridgehead atoms. The molecule has 5 heterocycles. The maximum absolute atomic E-state index is 10.9. The zero-order chi connectivity index (χ0) is 28.4. The molecule has 14 heteroatoms. The summed E-state index contributed by atoms with van der Waals surface area (Å²) in [4.78, 5) is 32.4. The van der Waals surface area contributed by atoms with Crippen LogP contribution < -0.4 is 16.0 Å². The molecule has 0 saturated carbocycles. The van der Waals surface area contributed by atoms with Crippen molar-refractivity contribution in [3.05, 3.63) is 38.7 Å². The minimum atomic E-state index is -1.08. The van der Waals surface area contributed by atoms with Gasteiger partial charge >= 0.3 is 5.97 Å². The number of hydrogen-bond acceptors (Lipinski definition) is 12. The van der Waals surface area contributed by atoms with Crippen molar-refractivity contribution in [2.45, 2.75) is 64.1 Å². The van der Waals surface area contributed by atoms with E-state index >= 15 is 0 Å². The molecule has 3 aromatic heterocycles. The largest absolute Gasteiger partial charge is 0.481 e. The molecule has 2 fully saturated rings. The molecule has 2 aliphatic rings. The van der Waals surface area contributed by atoms with Gasteiger partial charge in [0.25, 0.3) is 0 Å². The molecule has 5 rings (SSSR count). The number of nitrogens with two attached hydrogens (primary N) is 1.